The Hall–Kier alpha value is -1.67. The van der Waals surface area contributed by atoms with Gasteiger partial charge < -0.3 is 9.64 Å². The minimum Gasteiger partial charge on any atom is -0.462 e. The molecular formula is C9H12N4O. The van der Waals surface area contributed by atoms with Crippen LogP contribution in [0.1, 0.15) is 5.69 Å². The Balaban J connectivity index is 2.47. The van der Waals surface area contributed by atoms with Gasteiger partial charge in [0.1, 0.15) is 18.4 Å². The average Bonchev–Trinajstić information content (AvgIpc) is 2.18. The zero-order valence-corrected chi connectivity index (χ0v) is 8.27. The van der Waals surface area contributed by atoms with Crippen LogP contribution >= 0.6 is 0 Å². The molecule has 1 heterocycles. The molecule has 0 unspecified atom stereocenters. The van der Waals surface area contributed by atoms with Crippen molar-refractivity contribution in [2.24, 2.45) is 0 Å². The lowest BCUT2D eigenvalue weighted by molar-refractivity contribution is 0.245. The van der Waals surface area contributed by atoms with Crippen molar-refractivity contribution in [3.8, 4) is 12.1 Å². The maximum absolute atomic E-state index is 8.57. The topological polar surface area (TPSA) is 62.0 Å². The molecule has 5 nitrogen and oxygen atoms in total. The molecule has 0 aliphatic rings. The highest BCUT2D eigenvalue weighted by atomic mass is 16.5. The summed E-state index contributed by atoms with van der Waals surface area (Å²) in [5.41, 5.74) is 0.319. The van der Waals surface area contributed by atoms with E-state index < -0.39 is 0 Å². The summed E-state index contributed by atoms with van der Waals surface area (Å²) in [5.74, 6) is 0. The molecule has 0 aromatic carbocycles. The van der Waals surface area contributed by atoms with Gasteiger partial charge in [-0.1, -0.05) is 0 Å². The van der Waals surface area contributed by atoms with Crippen LogP contribution in [0, 0.1) is 11.3 Å². The molecule has 14 heavy (non-hydrogen) atoms. The van der Waals surface area contributed by atoms with Gasteiger partial charge in [-0.25, -0.2) is 4.98 Å². The van der Waals surface area contributed by atoms with E-state index in [2.05, 4.69) is 9.97 Å². The summed E-state index contributed by atoms with van der Waals surface area (Å²) in [7, 11) is 3.91. The highest BCUT2D eigenvalue weighted by Crippen LogP contribution is 2.01. The molecule has 0 amide bonds. The number of hydrogen-bond donors (Lipinski definition) is 0. The first-order valence-corrected chi connectivity index (χ1v) is 4.23. The van der Waals surface area contributed by atoms with E-state index in [1.54, 1.807) is 6.07 Å². The van der Waals surface area contributed by atoms with Crippen molar-refractivity contribution < 1.29 is 4.74 Å². The molecule has 1 aromatic heterocycles. The molecule has 0 aliphatic carbocycles. The van der Waals surface area contributed by atoms with Gasteiger partial charge in [-0.2, -0.15) is 10.2 Å². The number of ether oxygens (including phenoxy) is 1. The van der Waals surface area contributed by atoms with Gasteiger partial charge in [0, 0.05) is 12.7 Å². The minimum absolute atomic E-state index is 0.255. The SMILES string of the molecule is CN(C)CCOc1nccc(C#N)n1. The fourth-order valence-corrected chi connectivity index (χ4v) is 0.792. The van der Waals surface area contributed by atoms with E-state index in [1.165, 1.54) is 6.20 Å². The van der Waals surface area contributed by atoms with Gasteiger partial charge in [0.25, 0.3) is 0 Å². The molecule has 0 bridgehead atoms. The van der Waals surface area contributed by atoms with E-state index >= 15 is 0 Å². The molecule has 5 heteroatoms. The van der Waals surface area contributed by atoms with E-state index in [-0.39, 0.29) is 6.01 Å². The zero-order chi connectivity index (χ0) is 10.4. The molecule has 0 aliphatic heterocycles. The first-order chi connectivity index (χ1) is 6.72. The van der Waals surface area contributed by atoms with Crippen molar-refractivity contribution in [2.75, 3.05) is 27.2 Å². The molecule has 0 radical (unpaired) electrons. The van der Waals surface area contributed by atoms with Gasteiger partial charge >= 0.3 is 6.01 Å². The number of likely N-dealkylation sites (N-methyl/N-ethyl adjacent to an activating group) is 1. The normalized spacial score (nSPS) is 9.86. The summed E-state index contributed by atoms with van der Waals surface area (Å²) in [4.78, 5) is 9.75. The number of nitriles is 1. The minimum atomic E-state index is 0.255. The summed E-state index contributed by atoms with van der Waals surface area (Å²) in [5, 5.41) is 8.57. The molecule has 0 atom stereocenters. The fraction of sp³-hybridized carbons (Fsp3) is 0.444. The van der Waals surface area contributed by atoms with E-state index in [0.29, 0.717) is 12.3 Å². The standard InChI is InChI=1S/C9H12N4O/c1-13(2)5-6-14-9-11-4-3-8(7-10)12-9/h3-4H,5-6H2,1-2H3. The Morgan fingerprint density at radius 2 is 2.36 bits per heavy atom. The first-order valence-electron chi connectivity index (χ1n) is 4.23. The Kier molecular flexibility index (Phi) is 3.83. The van der Waals surface area contributed by atoms with Crippen LogP contribution in [0.5, 0.6) is 6.01 Å². The predicted octanol–water partition coefficient (Wildman–Crippen LogP) is 0.289. The summed E-state index contributed by atoms with van der Waals surface area (Å²) in [6, 6.07) is 3.72. The lowest BCUT2D eigenvalue weighted by Crippen LogP contribution is -2.20. The molecule has 1 aromatic rings. The molecular weight excluding hydrogens is 180 g/mol. The van der Waals surface area contributed by atoms with Crippen molar-refractivity contribution in [1.29, 1.82) is 5.26 Å². The molecule has 0 fully saturated rings. The number of nitrogens with zero attached hydrogens (tertiary/aromatic N) is 4. The summed E-state index contributed by atoms with van der Waals surface area (Å²) in [6.45, 7) is 1.31. The summed E-state index contributed by atoms with van der Waals surface area (Å²) < 4.78 is 5.24. The van der Waals surface area contributed by atoms with Gasteiger partial charge in [-0.15, -0.1) is 0 Å². The highest BCUT2D eigenvalue weighted by Gasteiger charge is 1.99. The Morgan fingerprint density at radius 3 is 3.00 bits per heavy atom. The number of hydrogen-bond acceptors (Lipinski definition) is 5. The van der Waals surface area contributed by atoms with Gasteiger partial charge in [0.2, 0.25) is 0 Å². The second kappa shape index (κ2) is 5.14. The van der Waals surface area contributed by atoms with Crippen LogP contribution in [0.4, 0.5) is 0 Å². The molecule has 0 saturated heterocycles. The Morgan fingerprint density at radius 1 is 1.57 bits per heavy atom. The van der Waals surface area contributed by atoms with E-state index in [0.717, 1.165) is 6.54 Å². The summed E-state index contributed by atoms with van der Waals surface area (Å²) >= 11 is 0. The van der Waals surface area contributed by atoms with Gasteiger partial charge in [0.15, 0.2) is 0 Å². The van der Waals surface area contributed by atoms with Crippen LogP contribution in [0.15, 0.2) is 12.3 Å². The predicted molar refractivity (Wildman–Crippen MR) is 50.8 cm³/mol. The van der Waals surface area contributed by atoms with Gasteiger partial charge in [0.05, 0.1) is 0 Å². The summed E-state index contributed by atoms with van der Waals surface area (Å²) in [6.07, 6.45) is 1.51. The smallest absolute Gasteiger partial charge is 0.317 e. The average molecular weight is 192 g/mol. The van der Waals surface area contributed by atoms with Gasteiger partial charge in [-0.05, 0) is 20.2 Å². The van der Waals surface area contributed by atoms with Crippen LogP contribution in [-0.4, -0.2) is 42.1 Å². The molecule has 1 rings (SSSR count). The zero-order valence-electron chi connectivity index (χ0n) is 8.27. The van der Waals surface area contributed by atoms with E-state index in [1.807, 2.05) is 25.1 Å². The number of rotatable bonds is 4. The van der Waals surface area contributed by atoms with Crippen LogP contribution < -0.4 is 4.74 Å². The lowest BCUT2D eigenvalue weighted by atomic mass is 10.4. The van der Waals surface area contributed by atoms with Crippen molar-refractivity contribution in [3.63, 3.8) is 0 Å². The Labute approximate surface area is 83.0 Å². The highest BCUT2D eigenvalue weighted by molar-refractivity contribution is 5.19. The lowest BCUT2D eigenvalue weighted by Gasteiger charge is -2.09. The first kappa shape index (κ1) is 10.4. The van der Waals surface area contributed by atoms with E-state index in [4.69, 9.17) is 10.00 Å². The molecule has 0 spiro atoms. The quantitative estimate of drug-likeness (QED) is 0.686. The van der Waals surface area contributed by atoms with Crippen molar-refractivity contribution in [1.82, 2.24) is 14.9 Å². The molecule has 74 valence electrons. The largest absolute Gasteiger partial charge is 0.462 e. The molecule has 0 N–H and O–H groups in total. The van der Waals surface area contributed by atoms with Crippen LogP contribution in [0.25, 0.3) is 0 Å². The Bertz CT molecular complexity index is 332. The monoisotopic (exact) mass is 192 g/mol. The van der Waals surface area contributed by atoms with Crippen molar-refractivity contribution >= 4 is 0 Å². The second-order valence-electron chi connectivity index (χ2n) is 2.99. The maximum atomic E-state index is 8.57. The third-order valence-corrected chi connectivity index (χ3v) is 1.52. The van der Waals surface area contributed by atoms with Crippen LogP contribution in [-0.2, 0) is 0 Å². The fourth-order valence-electron chi connectivity index (χ4n) is 0.792. The third kappa shape index (κ3) is 3.37. The van der Waals surface area contributed by atoms with Crippen molar-refractivity contribution in [2.45, 2.75) is 0 Å². The van der Waals surface area contributed by atoms with Crippen LogP contribution in [0.2, 0.25) is 0 Å². The van der Waals surface area contributed by atoms with Crippen molar-refractivity contribution in [3.05, 3.63) is 18.0 Å². The van der Waals surface area contributed by atoms with Crippen LogP contribution in [0.3, 0.4) is 0 Å². The molecule has 0 saturated carbocycles. The third-order valence-electron chi connectivity index (χ3n) is 1.52. The second-order valence-corrected chi connectivity index (χ2v) is 2.99. The van der Waals surface area contributed by atoms with E-state index in [9.17, 15) is 0 Å². The van der Waals surface area contributed by atoms with Gasteiger partial charge in [-0.3, -0.25) is 0 Å². The number of aromatic nitrogens is 2. The maximum Gasteiger partial charge on any atom is 0.317 e.